The number of phenols is 1. The molecule has 0 atom stereocenters. The van der Waals surface area contributed by atoms with E-state index in [9.17, 15) is 5.11 Å². The van der Waals surface area contributed by atoms with Crippen LogP contribution in [0.15, 0.2) is 58.6 Å². The molecule has 0 amide bonds. The zero-order valence-corrected chi connectivity index (χ0v) is 11.8. The van der Waals surface area contributed by atoms with E-state index in [0.717, 1.165) is 32.2 Å². The summed E-state index contributed by atoms with van der Waals surface area (Å²) in [6.45, 7) is 0.251. The van der Waals surface area contributed by atoms with Crippen molar-refractivity contribution < 1.29 is 14.6 Å². The van der Waals surface area contributed by atoms with Crippen LogP contribution < -0.4 is 9.47 Å². The van der Waals surface area contributed by atoms with E-state index in [1.165, 1.54) is 11.8 Å². The lowest BCUT2D eigenvalue weighted by atomic mass is 10.1. The van der Waals surface area contributed by atoms with Gasteiger partial charge in [0.2, 0.25) is 6.79 Å². The predicted molar refractivity (Wildman–Crippen MR) is 80.1 cm³/mol. The molecule has 5 heteroatoms. The fourth-order valence-corrected chi connectivity index (χ4v) is 3.19. The number of benzene rings is 2. The Balaban J connectivity index is 1.84. The van der Waals surface area contributed by atoms with Crippen molar-refractivity contribution in [2.24, 2.45) is 0 Å². The van der Waals surface area contributed by atoms with Gasteiger partial charge in [0.15, 0.2) is 11.5 Å². The van der Waals surface area contributed by atoms with Gasteiger partial charge in [-0.2, -0.15) is 0 Å². The highest BCUT2D eigenvalue weighted by atomic mass is 32.2. The van der Waals surface area contributed by atoms with Crippen LogP contribution in [0.5, 0.6) is 17.2 Å². The molecule has 4 nitrogen and oxygen atoms in total. The molecule has 1 aliphatic rings. The highest BCUT2D eigenvalue weighted by molar-refractivity contribution is 7.99. The van der Waals surface area contributed by atoms with E-state index in [0.29, 0.717) is 0 Å². The van der Waals surface area contributed by atoms with Crippen molar-refractivity contribution in [3.05, 3.63) is 48.7 Å². The van der Waals surface area contributed by atoms with Crippen LogP contribution in [-0.2, 0) is 0 Å². The number of aromatic nitrogens is 1. The fraction of sp³-hybridized carbons (Fsp3) is 0.0625. The molecule has 2 aromatic carbocycles. The summed E-state index contributed by atoms with van der Waals surface area (Å²) in [4.78, 5) is 5.20. The summed E-state index contributed by atoms with van der Waals surface area (Å²) in [5, 5.41) is 12.7. The standard InChI is InChI=1S/C16H11NO3S/c18-12-3-1-2-4-15(12)21-16-11-8-14-13(19-9-20-14)7-10(11)5-6-17-16/h1-8,18H,9H2. The SMILES string of the molecule is Oc1ccccc1Sc1nccc2cc3c(cc12)OCO3. The zero-order chi connectivity index (χ0) is 14.2. The molecule has 1 aliphatic heterocycles. The normalized spacial score (nSPS) is 12.8. The Hall–Kier alpha value is -2.40. The number of fused-ring (bicyclic) bond motifs is 2. The second-order valence-corrected chi connectivity index (χ2v) is 5.64. The number of hydrogen-bond acceptors (Lipinski definition) is 5. The lowest BCUT2D eigenvalue weighted by Crippen LogP contribution is -1.92. The van der Waals surface area contributed by atoms with E-state index in [4.69, 9.17) is 9.47 Å². The van der Waals surface area contributed by atoms with Gasteiger partial charge in [0.05, 0.1) is 4.90 Å². The van der Waals surface area contributed by atoms with Crippen molar-refractivity contribution >= 4 is 22.5 Å². The van der Waals surface area contributed by atoms with Gasteiger partial charge in [0.1, 0.15) is 10.8 Å². The fourth-order valence-electron chi connectivity index (χ4n) is 2.26. The van der Waals surface area contributed by atoms with Crippen LogP contribution in [0.4, 0.5) is 0 Å². The van der Waals surface area contributed by atoms with Gasteiger partial charge in [-0.05, 0) is 35.7 Å². The van der Waals surface area contributed by atoms with E-state index in [1.54, 1.807) is 18.3 Å². The molecule has 1 aromatic heterocycles. The van der Waals surface area contributed by atoms with Gasteiger partial charge in [-0.15, -0.1) is 0 Å². The third-order valence-electron chi connectivity index (χ3n) is 3.29. The lowest BCUT2D eigenvalue weighted by Gasteiger charge is -2.07. The van der Waals surface area contributed by atoms with Crippen molar-refractivity contribution in [2.45, 2.75) is 9.92 Å². The van der Waals surface area contributed by atoms with Gasteiger partial charge in [-0.3, -0.25) is 0 Å². The van der Waals surface area contributed by atoms with Gasteiger partial charge in [0.25, 0.3) is 0 Å². The molecule has 0 saturated heterocycles. The van der Waals surface area contributed by atoms with Crippen molar-refractivity contribution in [2.75, 3.05) is 6.79 Å². The molecule has 104 valence electrons. The first-order valence-corrected chi connectivity index (χ1v) is 7.27. The summed E-state index contributed by atoms with van der Waals surface area (Å²) < 4.78 is 10.8. The summed E-state index contributed by atoms with van der Waals surface area (Å²) in [6, 6.07) is 13.1. The van der Waals surface area contributed by atoms with E-state index in [1.807, 2.05) is 30.3 Å². The number of ether oxygens (including phenoxy) is 2. The van der Waals surface area contributed by atoms with Gasteiger partial charge in [0, 0.05) is 11.6 Å². The van der Waals surface area contributed by atoms with Crippen LogP contribution in [0.2, 0.25) is 0 Å². The number of rotatable bonds is 2. The minimum Gasteiger partial charge on any atom is -0.507 e. The van der Waals surface area contributed by atoms with Crippen molar-refractivity contribution in [1.82, 2.24) is 4.98 Å². The summed E-state index contributed by atoms with van der Waals surface area (Å²) in [7, 11) is 0. The molecule has 1 N–H and O–H groups in total. The predicted octanol–water partition coefficient (Wildman–Crippen LogP) is 3.82. The van der Waals surface area contributed by atoms with Crippen LogP contribution in [0.25, 0.3) is 10.8 Å². The second kappa shape index (κ2) is 4.86. The first-order valence-electron chi connectivity index (χ1n) is 6.45. The Kier molecular flexibility index (Phi) is 2.86. The minimum absolute atomic E-state index is 0.251. The highest BCUT2D eigenvalue weighted by Crippen LogP contribution is 2.41. The second-order valence-electron chi connectivity index (χ2n) is 4.61. The summed E-state index contributed by atoms with van der Waals surface area (Å²) >= 11 is 1.43. The zero-order valence-electron chi connectivity index (χ0n) is 10.9. The molecule has 0 saturated carbocycles. The van der Waals surface area contributed by atoms with E-state index < -0.39 is 0 Å². The van der Waals surface area contributed by atoms with E-state index in [2.05, 4.69) is 4.98 Å². The monoisotopic (exact) mass is 297 g/mol. The maximum absolute atomic E-state index is 9.91. The average Bonchev–Trinajstić information content (AvgIpc) is 2.95. The van der Waals surface area contributed by atoms with Gasteiger partial charge in [-0.25, -0.2) is 4.98 Å². The van der Waals surface area contributed by atoms with Crippen LogP contribution in [-0.4, -0.2) is 16.9 Å². The molecule has 0 unspecified atom stereocenters. The molecule has 2 heterocycles. The summed E-state index contributed by atoms with van der Waals surface area (Å²) in [5.41, 5.74) is 0. The molecule has 0 fully saturated rings. The molecule has 0 spiro atoms. The third-order valence-corrected chi connectivity index (χ3v) is 4.38. The Bertz CT molecular complexity index is 835. The number of phenolic OH excluding ortho intramolecular Hbond substituents is 1. The Morgan fingerprint density at radius 1 is 1.05 bits per heavy atom. The van der Waals surface area contributed by atoms with E-state index >= 15 is 0 Å². The van der Waals surface area contributed by atoms with Crippen LogP contribution >= 0.6 is 11.8 Å². The van der Waals surface area contributed by atoms with Gasteiger partial charge in [-0.1, -0.05) is 23.9 Å². The van der Waals surface area contributed by atoms with Crippen LogP contribution in [0.3, 0.4) is 0 Å². The Morgan fingerprint density at radius 2 is 1.86 bits per heavy atom. The van der Waals surface area contributed by atoms with Gasteiger partial charge >= 0.3 is 0 Å². The maximum Gasteiger partial charge on any atom is 0.231 e. The van der Waals surface area contributed by atoms with Crippen molar-refractivity contribution in [3.8, 4) is 17.2 Å². The maximum atomic E-state index is 9.91. The number of nitrogens with zero attached hydrogens (tertiary/aromatic N) is 1. The topological polar surface area (TPSA) is 51.6 Å². The number of hydrogen-bond donors (Lipinski definition) is 1. The third kappa shape index (κ3) is 2.15. The number of pyridine rings is 1. The highest BCUT2D eigenvalue weighted by Gasteiger charge is 2.16. The van der Waals surface area contributed by atoms with Crippen LogP contribution in [0.1, 0.15) is 0 Å². The quantitative estimate of drug-likeness (QED) is 0.779. The molecule has 0 aliphatic carbocycles. The lowest BCUT2D eigenvalue weighted by molar-refractivity contribution is 0.174. The van der Waals surface area contributed by atoms with Crippen LogP contribution in [0, 0.1) is 0 Å². The average molecular weight is 297 g/mol. The summed E-state index contributed by atoms with van der Waals surface area (Å²) in [6.07, 6.45) is 1.76. The largest absolute Gasteiger partial charge is 0.507 e. The van der Waals surface area contributed by atoms with E-state index in [-0.39, 0.29) is 12.5 Å². The first kappa shape index (κ1) is 12.3. The molecular formula is C16H11NO3S. The number of para-hydroxylation sites is 1. The Morgan fingerprint density at radius 3 is 2.71 bits per heavy atom. The smallest absolute Gasteiger partial charge is 0.231 e. The molecule has 3 aromatic rings. The molecule has 4 rings (SSSR count). The minimum atomic E-state index is 0.251. The molecular weight excluding hydrogens is 286 g/mol. The first-order chi connectivity index (χ1) is 10.3. The Labute approximate surface area is 125 Å². The molecule has 21 heavy (non-hydrogen) atoms. The number of aromatic hydroxyl groups is 1. The van der Waals surface area contributed by atoms with Crippen molar-refractivity contribution in [3.63, 3.8) is 0 Å². The van der Waals surface area contributed by atoms with Gasteiger partial charge < -0.3 is 14.6 Å². The molecule has 0 radical (unpaired) electrons. The molecule has 0 bridgehead atoms. The summed E-state index contributed by atoms with van der Waals surface area (Å²) in [5.74, 6) is 1.74. The van der Waals surface area contributed by atoms with Crippen molar-refractivity contribution in [1.29, 1.82) is 0 Å².